The Bertz CT molecular complexity index is 201. The maximum absolute atomic E-state index is 8.65. The summed E-state index contributed by atoms with van der Waals surface area (Å²) in [6.45, 7) is 3.66. The van der Waals surface area contributed by atoms with Crippen molar-refractivity contribution in [2.75, 3.05) is 0 Å². The van der Waals surface area contributed by atoms with Gasteiger partial charge < -0.3 is 10.2 Å². The third kappa shape index (κ3) is 1.56. The lowest BCUT2D eigenvalue weighted by atomic mass is 10.1. The summed E-state index contributed by atoms with van der Waals surface area (Å²) in [5.74, 6) is 0. The van der Waals surface area contributed by atoms with Crippen LogP contribution < -0.4 is 0 Å². The average Bonchev–Trinajstić information content (AvgIpc) is 1.88. The fraction of sp³-hybridized carbons (Fsp3) is 0.125. The predicted octanol–water partition coefficient (Wildman–Crippen LogP) is 0.852. The molecule has 2 N–H and O–H groups in total. The first kappa shape index (κ1) is 7.25. The second-order valence-electron chi connectivity index (χ2n) is 2.12. The molecule has 0 saturated heterocycles. The van der Waals surface area contributed by atoms with E-state index in [1.807, 2.05) is 0 Å². The molecule has 0 atom stereocenters. The number of hydrogen-bond acceptors (Lipinski definition) is 2. The molecule has 1 radical (unpaired) electrons. The van der Waals surface area contributed by atoms with Crippen molar-refractivity contribution >= 4 is 0 Å². The highest BCUT2D eigenvalue weighted by molar-refractivity contribution is 5.24. The third-order valence-corrected chi connectivity index (χ3v) is 1.28. The van der Waals surface area contributed by atoms with Gasteiger partial charge in [-0.1, -0.05) is 24.3 Å². The molecule has 2 nitrogen and oxygen atoms in total. The number of benzene rings is 1. The van der Waals surface area contributed by atoms with E-state index in [1.54, 1.807) is 24.3 Å². The highest BCUT2D eigenvalue weighted by atomic mass is 16.5. The van der Waals surface area contributed by atoms with E-state index in [4.69, 9.17) is 10.2 Å². The summed E-state index contributed by atoms with van der Waals surface area (Å²) in [6, 6.07) is 6.73. The van der Waals surface area contributed by atoms with Crippen LogP contribution in [0, 0.1) is 6.92 Å². The summed E-state index contributed by atoms with van der Waals surface area (Å²) >= 11 is 0. The van der Waals surface area contributed by atoms with Crippen molar-refractivity contribution in [2.24, 2.45) is 0 Å². The first-order chi connectivity index (χ1) is 4.70. The monoisotopic (exact) mass is 137 g/mol. The molecule has 0 heterocycles. The molecule has 1 aromatic rings. The molecule has 0 aliphatic carbocycles. The number of aliphatic hydroxyl groups is 2. The molecule has 0 unspecified atom stereocenters. The van der Waals surface area contributed by atoms with Crippen LogP contribution in [0.15, 0.2) is 24.3 Å². The van der Waals surface area contributed by atoms with Crippen LogP contribution in [0.5, 0.6) is 0 Å². The van der Waals surface area contributed by atoms with Gasteiger partial charge in [0.15, 0.2) is 6.29 Å². The van der Waals surface area contributed by atoms with Crippen LogP contribution in [0.25, 0.3) is 0 Å². The van der Waals surface area contributed by atoms with E-state index < -0.39 is 6.29 Å². The lowest BCUT2D eigenvalue weighted by Gasteiger charge is -2.01. The number of aliphatic hydroxyl groups excluding tert-OH is 1. The van der Waals surface area contributed by atoms with Gasteiger partial charge in [0, 0.05) is 5.56 Å². The van der Waals surface area contributed by atoms with E-state index in [1.165, 1.54) is 0 Å². The zero-order chi connectivity index (χ0) is 7.56. The largest absolute Gasteiger partial charge is 0.364 e. The highest BCUT2D eigenvalue weighted by Crippen LogP contribution is 2.09. The minimum Gasteiger partial charge on any atom is -0.364 e. The molecule has 0 aliphatic rings. The van der Waals surface area contributed by atoms with E-state index in [0.717, 1.165) is 5.56 Å². The van der Waals surface area contributed by atoms with Gasteiger partial charge in [-0.05, 0) is 12.5 Å². The molecule has 0 amide bonds. The molecule has 0 aliphatic heterocycles. The van der Waals surface area contributed by atoms with Gasteiger partial charge in [-0.15, -0.1) is 0 Å². The minimum absolute atomic E-state index is 0.493. The Morgan fingerprint density at radius 3 is 2.00 bits per heavy atom. The molecule has 0 fully saturated rings. The zero-order valence-corrected chi connectivity index (χ0v) is 5.49. The minimum atomic E-state index is -1.37. The summed E-state index contributed by atoms with van der Waals surface area (Å²) in [6.07, 6.45) is -1.37. The number of hydrogen-bond donors (Lipinski definition) is 2. The quantitative estimate of drug-likeness (QED) is 0.563. The van der Waals surface area contributed by atoms with Gasteiger partial charge >= 0.3 is 0 Å². The smallest absolute Gasteiger partial charge is 0.178 e. The molecule has 0 saturated carbocycles. The van der Waals surface area contributed by atoms with Gasteiger partial charge in [-0.2, -0.15) is 0 Å². The third-order valence-electron chi connectivity index (χ3n) is 1.28. The van der Waals surface area contributed by atoms with Gasteiger partial charge in [0.05, 0.1) is 0 Å². The Labute approximate surface area is 59.7 Å². The van der Waals surface area contributed by atoms with Gasteiger partial charge in [-0.3, -0.25) is 0 Å². The lowest BCUT2D eigenvalue weighted by molar-refractivity contribution is -0.0424. The second-order valence-corrected chi connectivity index (χ2v) is 2.12. The van der Waals surface area contributed by atoms with E-state index in [0.29, 0.717) is 5.56 Å². The maximum atomic E-state index is 8.65. The van der Waals surface area contributed by atoms with Crippen LogP contribution in [0.1, 0.15) is 17.4 Å². The Morgan fingerprint density at radius 1 is 1.10 bits per heavy atom. The summed E-state index contributed by atoms with van der Waals surface area (Å²) in [5.41, 5.74) is 1.36. The van der Waals surface area contributed by atoms with Gasteiger partial charge in [0.2, 0.25) is 0 Å². The Hall–Kier alpha value is -0.860. The predicted molar refractivity (Wildman–Crippen MR) is 38.1 cm³/mol. The van der Waals surface area contributed by atoms with Crippen molar-refractivity contribution in [3.8, 4) is 0 Å². The fourth-order valence-electron chi connectivity index (χ4n) is 0.690. The van der Waals surface area contributed by atoms with Crippen LogP contribution >= 0.6 is 0 Å². The number of rotatable bonds is 1. The van der Waals surface area contributed by atoms with Crippen molar-refractivity contribution in [1.82, 2.24) is 0 Å². The maximum Gasteiger partial charge on any atom is 0.178 e. The Balaban J connectivity index is 2.89. The molecule has 0 bridgehead atoms. The summed E-state index contributed by atoms with van der Waals surface area (Å²) in [7, 11) is 0. The summed E-state index contributed by atoms with van der Waals surface area (Å²) in [5, 5.41) is 17.3. The molecule has 10 heavy (non-hydrogen) atoms. The van der Waals surface area contributed by atoms with Crippen LogP contribution in [-0.2, 0) is 0 Å². The van der Waals surface area contributed by atoms with Crippen LogP contribution in [0.2, 0.25) is 0 Å². The van der Waals surface area contributed by atoms with Crippen LogP contribution in [-0.4, -0.2) is 10.2 Å². The molecule has 0 aromatic heterocycles. The summed E-state index contributed by atoms with van der Waals surface area (Å²) in [4.78, 5) is 0. The zero-order valence-electron chi connectivity index (χ0n) is 5.49. The molecule has 1 rings (SSSR count). The van der Waals surface area contributed by atoms with Crippen molar-refractivity contribution < 1.29 is 10.2 Å². The van der Waals surface area contributed by atoms with Crippen LogP contribution in [0.4, 0.5) is 0 Å². The van der Waals surface area contributed by atoms with E-state index in [2.05, 4.69) is 6.92 Å². The average molecular weight is 137 g/mol. The van der Waals surface area contributed by atoms with Gasteiger partial charge in [0.1, 0.15) is 0 Å². The van der Waals surface area contributed by atoms with Crippen molar-refractivity contribution in [2.45, 2.75) is 6.29 Å². The SMILES string of the molecule is [CH2]c1ccc(C(O)O)cc1. The first-order valence-electron chi connectivity index (χ1n) is 2.98. The van der Waals surface area contributed by atoms with Gasteiger partial charge in [0.25, 0.3) is 0 Å². The summed E-state index contributed by atoms with van der Waals surface area (Å²) < 4.78 is 0. The molecule has 2 heteroatoms. The lowest BCUT2D eigenvalue weighted by Crippen LogP contribution is -1.93. The van der Waals surface area contributed by atoms with Crippen molar-refractivity contribution in [1.29, 1.82) is 0 Å². The van der Waals surface area contributed by atoms with Crippen molar-refractivity contribution in [3.05, 3.63) is 42.3 Å². The first-order valence-corrected chi connectivity index (χ1v) is 2.98. The topological polar surface area (TPSA) is 40.5 Å². The Morgan fingerprint density at radius 2 is 1.60 bits per heavy atom. The van der Waals surface area contributed by atoms with Gasteiger partial charge in [-0.25, -0.2) is 0 Å². The molecule has 53 valence electrons. The highest BCUT2D eigenvalue weighted by Gasteiger charge is 1.98. The molecular weight excluding hydrogens is 128 g/mol. The van der Waals surface area contributed by atoms with E-state index >= 15 is 0 Å². The molecule has 0 spiro atoms. The Kier molecular flexibility index (Phi) is 2.04. The fourth-order valence-corrected chi connectivity index (χ4v) is 0.690. The van der Waals surface area contributed by atoms with Crippen LogP contribution in [0.3, 0.4) is 0 Å². The van der Waals surface area contributed by atoms with E-state index in [-0.39, 0.29) is 0 Å². The normalized spacial score (nSPS) is 10.4. The van der Waals surface area contributed by atoms with E-state index in [9.17, 15) is 0 Å². The standard InChI is InChI=1S/C8H9O2/c1-6-2-4-7(5-3-6)8(9)10/h2-5,8-10H,1H2. The molecular formula is C8H9O2. The molecule has 1 aromatic carbocycles. The van der Waals surface area contributed by atoms with Crippen molar-refractivity contribution in [3.63, 3.8) is 0 Å². The second kappa shape index (κ2) is 2.82.